The van der Waals surface area contributed by atoms with E-state index >= 15 is 0 Å². The topological polar surface area (TPSA) is 55.6 Å². The highest BCUT2D eigenvalue weighted by Crippen LogP contribution is 2.04. The molecule has 1 N–H and O–H groups in total. The number of hydrogen-bond acceptors (Lipinski definition) is 3. The Balaban J connectivity index is 1.88. The molecule has 0 spiro atoms. The van der Waals surface area contributed by atoms with E-state index in [1.54, 1.807) is 6.20 Å². The quantitative estimate of drug-likeness (QED) is 0.787. The van der Waals surface area contributed by atoms with Gasteiger partial charge in [-0.05, 0) is 25.5 Å². The molecule has 2 heterocycles. The van der Waals surface area contributed by atoms with Crippen LogP contribution in [0.1, 0.15) is 23.8 Å². The number of ether oxygens (including phenoxy) is 1. The summed E-state index contributed by atoms with van der Waals surface area (Å²) in [5.41, 5.74) is 1.22. The zero-order valence-electron chi connectivity index (χ0n) is 10.4. The minimum Gasteiger partial charge on any atom is -0.382 e. The molecule has 0 aliphatic heterocycles. The van der Waals surface area contributed by atoms with Crippen LogP contribution in [-0.2, 0) is 4.74 Å². The fraction of sp³-hybridized carbons (Fsp3) is 0.385. The molecule has 2 aromatic rings. The summed E-state index contributed by atoms with van der Waals surface area (Å²) in [6.07, 6.45) is 4.41. The third-order valence-corrected chi connectivity index (χ3v) is 2.55. The van der Waals surface area contributed by atoms with E-state index in [1.807, 2.05) is 35.7 Å². The maximum atomic E-state index is 11.8. The second-order valence-corrected chi connectivity index (χ2v) is 3.90. The van der Waals surface area contributed by atoms with Crippen molar-refractivity contribution in [3.63, 3.8) is 0 Å². The molecule has 0 bridgehead atoms. The Morgan fingerprint density at radius 1 is 1.50 bits per heavy atom. The molecule has 5 nitrogen and oxygen atoms in total. The van der Waals surface area contributed by atoms with Crippen molar-refractivity contribution < 1.29 is 9.53 Å². The van der Waals surface area contributed by atoms with Crippen molar-refractivity contribution in [2.75, 3.05) is 19.8 Å². The van der Waals surface area contributed by atoms with E-state index in [4.69, 9.17) is 4.74 Å². The molecule has 0 aromatic carbocycles. The third-order valence-electron chi connectivity index (χ3n) is 2.55. The fourth-order valence-corrected chi connectivity index (χ4v) is 1.66. The molecule has 0 saturated heterocycles. The Morgan fingerprint density at radius 3 is 3.17 bits per heavy atom. The molecule has 0 radical (unpaired) electrons. The highest BCUT2D eigenvalue weighted by atomic mass is 16.5. The van der Waals surface area contributed by atoms with Gasteiger partial charge in [-0.25, -0.2) is 4.98 Å². The zero-order chi connectivity index (χ0) is 12.8. The van der Waals surface area contributed by atoms with Crippen molar-refractivity contribution >= 4 is 11.6 Å². The maximum absolute atomic E-state index is 11.8. The largest absolute Gasteiger partial charge is 0.382 e. The van der Waals surface area contributed by atoms with Crippen molar-refractivity contribution in [1.82, 2.24) is 14.7 Å². The molecule has 0 saturated carbocycles. The van der Waals surface area contributed by atoms with Crippen LogP contribution in [0.5, 0.6) is 0 Å². The average Bonchev–Trinajstić information content (AvgIpc) is 2.82. The number of imidazole rings is 1. The van der Waals surface area contributed by atoms with Crippen molar-refractivity contribution in [1.29, 1.82) is 0 Å². The standard InChI is InChI=1S/C13H17N3O2/c1-2-18-9-5-7-14-13(17)11-10-16-8-4-3-6-12(16)15-11/h3-4,6,8,10H,2,5,7,9H2,1H3,(H,14,17). The van der Waals surface area contributed by atoms with Crippen LogP contribution in [0, 0.1) is 0 Å². The highest BCUT2D eigenvalue weighted by molar-refractivity contribution is 5.92. The molecule has 2 rings (SSSR count). The summed E-state index contributed by atoms with van der Waals surface area (Å²) >= 11 is 0. The number of carbonyl (C=O) groups excluding carboxylic acids is 1. The van der Waals surface area contributed by atoms with Crippen LogP contribution in [-0.4, -0.2) is 35.1 Å². The van der Waals surface area contributed by atoms with Gasteiger partial charge in [-0.15, -0.1) is 0 Å². The molecule has 2 aromatic heterocycles. The normalized spacial score (nSPS) is 10.7. The van der Waals surface area contributed by atoms with Gasteiger partial charge < -0.3 is 14.5 Å². The van der Waals surface area contributed by atoms with Gasteiger partial charge in [-0.1, -0.05) is 6.07 Å². The number of carbonyl (C=O) groups is 1. The predicted molar refractivity (Wildman–Crippen MR) is 68.6 cm³/mol. The van der Waals surface area contributed by atoms with Gasteiger partial charge in [0.25, 0.3) is 5.91 Å². The lowest BCUT2D eigenvalue weighted by Gasteiger charge is -2.02. The number of amides is 1. The first-order chi connectivity index (χ1) is 8.81. The smallest absolute Gasteiger partial charge is 0.271 e. The van der Waals surface area contributed by atoms with Crippen LogP contribution < -0.4 is 5.32 Å². The number of aromatic nitrogens is 2. The van der Waals surface area contributed by atoms with E-state index in [0.717, 1.165) is 12.1 Å². The summed E-state index contributed by atoms with van der Waals surface area (Å²) in [4.78, 5) is 16.1. The minimum atomic E-state index is -0.143. The van der Waals surface area contributed by atoms with Crippen LogP contribution in [0.3, 0.4) is 0 Å². The van der Waals surface area contributed by atoms with E-state index < -0.39 is 0 Å². The number of fused-ring (bicyclic) bond motifs is 1. The molecular weight excluding hydrogens is 230 g/mol. The molecule has 0 aliphatic rings. The first-order valence-electron chi connectivity index (χ1n) is 6.11. The van der Waals surface area contributed by atoms with Crippen molar-refractivity contribution in [2.45, 2.75) is 13.3 Å². The van der Waals surface area contributed by atoms with Crippen LogP contribution in [0.2, 0.25) is 0 Å². The van der Waals surface area contributed by atoms with Gasteiger partial charge in [0.15, 0.2) is 0 Å². The third kappa shape index (κ3) is 3.07. The second kappa shape index (κ2) is 6.16. The predicted octanol–water partition coefficient (Wildman–Crippen LogP) is 1.49. The Kier molecular flexibility index (Phi) is 4.30. The van der Waals surface area contributed by atoms with E-state index in [-0.39, 0.29) is 5.91 Å². The van der Waals surface area contributed by atoms with Crippen molar-refractivity contribution in [3.8, 4) is 0 Å². The molecule has 0 atom stereocenters. The minimum absolute atomic E-state index is 0.143. The Hall–Kier alpha value is -1.88. The molecule has 0 unspecified atom stereocenters. The zero-order valence-corrected chi connectivity index (χ0v) is 10.4. The van der Waals surface area contributed by atoms with Gasteiger partial charge in [0.05, 0.1) is 0 Å². The highest BCUT2D eigenvalue weighted by Gasteiger charge is 2.09. The van der Waals surface area contributed by atoms with Gasteiger partial charge in [0, 0.05) is 32.2 Å². The number of nitrogens with one attached hydrogen (secondary N) is 1. The van der Waals surface area contributed by atoms with Crippen LogP contribution in [0.4, 0.5) is 0 Å². The van der Waals surface area contributed by atoms with Crippen LogP contribution in [0.25, 0.3) is 5.65 Å². The lowest BCUT2D eigenvalue weighted by atomic mass is 10.4. The second-order valence-electron chi connectivity index (χ2n) is 3.90. The lowest BCUT2D eigenvalue weighted by molar-refractivity contribution is 0.0940. The van der Waals surface area contributed by atoms with Crippen molar-refractivity contribution in [2.24, 2.45) is 0 Å². The summed E-state index contributed by atoms with van der Waals surface area (Å²) in [5.74, 6) is -0.143. The van der Waals surface area contributed by atoms with E-state index in [0.29, 0.717) is 25.5 Å². The summed E-state index contributed by atoms with van der Waals surface area (Å²) in [7, 11) is 0. The molecule has 0 fully saturated rings. The lowest BCUT2D eigenvalue weighted by Crippen LogP contribution is -2.25. The molecule has 96 valence electrons. The Bertz CT molecular complexity index is 489. The number of pyridine rings is 1. The Labute approximate surface area is 106 Å². The van der Waals surface area contributed by atoms with Gasteiger partial charge in [-0.2, -0.15) is 0 Å². The first-order valence-corrected chi connectivity index (χ1v) is 6.11. The van der Waals surface area contributed by atoms with Gasteiger partial charge in [0.1, 0.15) is 11.3 Å². The SMILES string of the molecule is CCOCCCNC(=O)c1cn2ccccc2n1. The van der Waals surface area contributed by atoms with Crippen LogP contribution in [0.15, 0.2) is 30.6 Å². The molecule has 5 heteroatoms. The molecule has 18 heavy (non-hydrogen) atoms. The van der Waals surface area contributed by atoms with E-state index in [1.165, 1.54) is 0 Å². The average molecular weight is 247 g/mol. The fourth-order valence-electron chi connectivity index (χ4n) is 1.66. The van der Waals surface area contributed by atoms with Gasteiger partial charge >= 0.3 is 0 Å². The maximum Gasteiger partial charge on any atom is 0.271 e. The summed E-state index contributed by atoms with van der Waals surface area (Å²) in [6, 6.07) is 5.66. The summed E-state index contributed by atoms with van der Waals surface area (Å²) in [6.45, 7) is 3.93. The van der Waals surface area contributed by atoms with Crippen molar-refractivity contribution in [3.05, 3.63) is 36.3 Å². The number of hydrogen-bond donors (Lipinski definition) is 1. The monoisotopic (exact) mass is 247 g/mol. The van der Waals surface area contributed by atoms with Gasteiger partial charge in [-0.3, -0.25) is 4.79 Å². The molecule has 1 amide bonds. The number of nitrogens with zero attached hydrogens (tertiary/aromatic N) is 2. The molecular formula is C13H17N3O2. The van der Waals surface area contributed by atoms with E-state index in [9.17, 15) is 4.79 Å². The van der Waals surface area contributed by atoms with Gasteiger partial charge in [0.2, 0.25) is 0 Å². The summed E-state index contributed by atoms with van der Waals surface area (Å²) in [5, 5.41) is 2.82. The summed E-state index contributed by atoms with van der Waals surface area (Å²) < 4.78 is 7.03. The molecule has 0 aliphatic carbocycles. The van der Waals surface area contributed by atoms with Crippen LogP contribution >= 0.6 is 0 Å². The Morgan fingerprint density at radius 2 is 2.39 bits per heavy atom. The first kappa shape index (κ1) is 12.6. The van der Waals surface area contributed by atoms with E-state index in [2.05, 4.69) is 10.3 Å². The number of rotatable bonds is 6.